The van der Waals surface area contributed by atoms with Crippen molar-refractivity contribution in [3.05, 3.63) is 76.7 Å². The van der Waals surface area contributed by atoms with Crippen LogP contribution in [0.3, 0.4) is 0 Å². The Labute approximate surface area is 162 Å². The van der Waals surface area contributed by atoms with Gasteiger partial charge in [0.25, 0.3) is 0 Å². The summed E-state index contributed by atoms with van der Waals surface area (Å²) in [6.07, 6.45) is 1.13. The summed E-state index contributed by atoms with van der Waals surface area (Å²) >= 11 is 1.41. The van der Waals surface area contributed by atoms with Gasteiger partial charge in [0, 0.05) is 17.0 Å². The summed E-state index contributed by atoms with van der Waals surface area (Å²) in [5.74, 6) is 0.587. The van der Waals surface area contributed by atoms with Crippen LogP contribution in [-0.2, 0) is 16.6 Å². The van der Waals surface area contributed by atoms with Crippen molar-refractivity contribution < 1.29 is 17.9 Å². The Bertz CT molecular complexity index is 1070. The van der Waals surface area contributed by atoms with Gasteiger partial charge in [-0.15, -0.1) is 11.3 Å². The SMILES string of the molecule is COc1cccc(C(=O)c2ccc(-c3cccc(CNS(C)(=O)=O)c3)s2)c1. The number of ketones is 1. The van der Waals surface area contributed by atoms with Crippen LogP contribution >= 0.6 is 11.3 Å². The third kappa shape index (κ3) is 5.03. The lowest BCUT2D eigenvalue weighted by atomic mass is 10.1. The lowest BCUT2D eigenvalue weighted by molar-refractivity contribution is 0.104. The Kier molecular flexibility index (Phi) is 5.74. The van der Waals surface area contributed by atoms with Crippen LogP contribution < -0.4 is 9.46 Å². The Morgan fingerprint density at radius 2 is 1.85 bits per heavy atom. The molecule has 5 nitrogen and oxygen atoms in total. The highest BCUT2D eigenvalue weighted by Crippen LogP contribution is 2.30. The first-order valence-electron chi connectivity index (χ1n) is 8.18. The topological polar surface area (TPSA) is 72.5 Å². The molecule has 7 heteroatoms. The average molecular weight is 402 g/mol. The summed E-state index contributed by atoms with van der Waals surface area (Å²) < 4.78 is 30.2. The fourth-order valence-electron chi connectivity index (χ4n) is 2.57. The van der Waals surface area contributed by atoms with E-state index < -0.39 is 10.0 Å². The first-order chi connectivity index (χ1) is 12.9. The Hall–Kier alpha value is -2.48. The van der Waals surface area contributed by atoms with Crippen molar-refractivity contribution in [1.29, 1.82) is 0 Å². The van der Waals surface area contributed by atoms with Gasteiger partial charge in [-0.05, 0) is 41.5 Å². The van der Waals surface area contributed by atoms with Gasteiger partial charge < -0.3 is 4.74 Å². The predicted octanol–water partition coefficient (Wildman–Crippen LogP) is 3.70. The maximum atomic E-state index is 12.7. The van der Waals surface area contributed by atoms with Crippen molar-refractivity contribution >= 4 is 27.1 Å². The molecule has 140 valence electrons. The molecule has 0 unspecified atom stereocenters. The quantitative estimate of drug-likeness (QED) is 0.613. The van der Waals surface area contributed by atoms with Gasteiger partial charge in [-0.2, -0.15) is 0 Å². The van der Waals surface area contributed by atoms with E-state index in [0.29, 0.717) is 16.2 Å². The third-order valence-electron chi connectivity index (χ3n) is 3.91. The molecule has 0 amide bonds. The molecule has 0 saturated carbocycles. The molecule has 0 atom stereocenters. The van der Waals surface area contributed by atoms with E-state index in [1.807, 2.05) is 36.4 Å². The van der Waals surface area contributed by atoms with Crippen LogP contribution in [0.25, 0.3) is 10.4 Å². The minimum absolute atomic E-state index is 0.0555. The number of thiophene rings is 1. The highest BCUT2D eigenvalue weighted by atomic mass is 32.2. The minimum Gasteiger partial charge on any atom is -0.497 e. The van der Waals surface area contributed by atoms with E-state index in [1.165, 1.54) is 11.3 Å². The van der Waals surface area contributed by atoms with Gasteiger partial charge in [0.1, 0.15) is 5.75 Å². The molecular weight excluding hydrogens is 382 g/mol. The Morgan fingerprint density at radius 1 is 1.07 bits per heavy atom. The van der Waals surface area contributed by atoms with Crippen molar-refractivity contribution in [3.63, 3.8) is 0 Å². The molecule has 1 aromatic heterocycles. The zero-order valence-corrected chi connectivity index (χ0v) is 16.6. The van der Waals surface area contributed by atoms with Gasteiger partial charge in [-0.25, -0.2) is 13.1 Å². The molecule has 0 aliphatic rings. The molecule has 2 aromatic carbocycles. The fourth-order valence-corrected chi connectivity index (χ4v) is 3.96. The zero-order valence-electron chi connectivity index (χ0n) is 14.9. The van der Waals surface area contributed by atoms with Gasteiger partial charge in [-0.3, -0.25) is 4.79 Å². The molecule has 0 aliphatic carbocycles. The second kappa shape index (κ2) is 8.04. The predicted molar refractivity (Wildman–Crippen MR) is 108 cm³/mol. The second-order valence-corrected chi connectivity index (χ2v) is 8.94. The molecule has 3 aromatic rings. The highest BCUT2D eigenvalue weighted by molar-refractivity contribution is 7.88. The van der Waals surface area contributed by atoms with Gasteiger partial charge in [0.15, 0.2) is 0 Å². The second-order valence-electron chi connectivity index (χ2n) is 6.02. The standard InChI is InChI=1S/C20H19NO4S2/c1-25-17-8-4-7-16(12-17)20(22)19-10-9-18(26-19)15-6-3-5-14(11-15)13-21-27(2,23)24/h3-12,21H,13H2,1-2H3. The van der Waals surface area contributed by atoms with E-state index in [0.717, 1.165) is 22.3 Å². The number of sulfonamides is 1. The number of hydrogen-bond acceptors (Lipinski definition) is 5. The third-order valence-corrected chi connectivity index (χ3v) is 5.71. The van der Waals surface area contributed by atoms with Gasteiger partial charge in [0.05, 0.1) is 18.2 Å². The van der Waals surface area contributed by atoms with Gasteiger partial charge >= 0.3 is 0 Å². The van der Waals surface area contributed by atoms with Crippen LogP contribution in [0.1, 0.15) is 20.8 Å². The molecule has 0 saturated heterocycles. The monoisotopic (exact) mass is 401 g/mol. The van der Waals surface area contributed by atoms with Crippen LogP contribution in [0, 0.1) is 0 Å². The molecular formula is C20H19NO4S2. The number of nitrogens with one attached hydrogen (secondary N) is 1. The Morgan fingerprint density at radius 3 is 2.59 bits per heavy atom. The molecule has 0 fully saturated rings. The zero-order chi connectivity index (χ0) is 19.4. The number of hydrogen-bond donors (Lipinski definition) is 1. The maximum Gasteiger partial charge on any atom is 0.209 e. The highest BCUT2D eigenvalue weighted by Gasteiger charge is 2.14. The van der Waals surface area contributed by atoms with E-state index in [9.17, 15) is 13.2 Å². The number of carbonyl (C=O) groups excluding carboxylic acids is 1. The average Bonchev–Trinajstić information content (AvgIpc) is 3.16. The first kappa shape index (κ1) is 19.3. The van der Waals surface area contributed by atoms with E-state index >= 15 is 0 Å². The summed E-state index contributed by atoms with van der Waals surface area (Å²) in [7, 11) is -1.68. The summed E-state index contributed by atoms with van der Waals surface area (Å²) in [4.78, 5) is 14.3. The number of benzene rings is 2. The van der Waals surface area contributed by atoms with Crippen LogP contribution in [-0.4, -0.2) is 27.6 Å². The molecule has 3 rings (SSSR count). The fraction of sp³-hybridized carbons (Fsp3) is 0.150. The molecule has 1 heterocycles. The van der Waals surface area contributed by atoms with E-state index in [-0.39, 0.29) is 12.3 Å². The Balaban J connectivity index is 1.82. The molecule has 1 N–H and O–H groups in total. The van der Waals surface area contributed by atoms with Crippen molar-refractivity contribution in [1.82, 2.24) is 4.72 Å². The van der Waals surface area contributed by atoms with Crippen molar-refractivity contribution in [2.24, 2.45) is 0 Å². The lowest BCUT2D eigenvalue weighted by Crippen LogP contribution is -2.21. The van der Waals surface area contributed by atoms with Crippen molar-refractivity contribution in [2.75, 3.05) is 13.4 Å². The van der Waals surface area contributed by atoms with Gasteiger partial charge in [0.2, 0.25) is 15.8 Å². The number of methoxy groups -OCH3 is 1. The van der Waals surface area contributed by atoms with Crippen molar-refractivity contribution in [2.45, 2.75) is 6.54 Å². The molecule has 0 spiro atoms. The first-order valence-corrected chi connectivity index (χ1v) is 10.9. The van der Waals surface area contributed by atoms with Crippen LogP contribution in [0.2, 0.25) is 0 Å². The number of carbonyl (C=O) groups is 1. The number of ether oxygens (including phenoxy) is 1. The van der Waals surface area contributed by atoms with E-state index in [2.05, 4.69) is 4.72 Å². The van der Waals surface area contributed by atoms with Crippen LogP contribution in [0.4, 0.5) is 0 Å². The molecule has 0 bridgehead atoms. The minimum atomic E-state index is -3.25. The normalized spacial score (nSPS) is 11.3. The van der Waals surface area contributed by atoms with Crippen LogP contribution in [0.5, 0.6) is 5.75 Å². The molecule has 27 heavy (non-hydrogen) atoms. The largest absolute Gasteiger partial charge is 0.497 e. The van der Waals surface area contributed by atoms with Crippen LogP contribution in [0.15, 0.2) is 60.7 Å². The van der Waals surface area contributed by atoms with E-state index in [1.54, 1.807) is 31.4 Å². The summed E-state index contributed by atoms with van der Waals surface area (Å²) in [6, 6.07) is 18.4. The number of rotatable bonds is 7. The molecule has 0 radical (unpaired) electrons. The maximum absolute atomic E-state index is 12.7. The van der Waals surface area contributed by atoms with E-state index in [4.69, 9.17) is 4.74 Å². The molecule has 0 aliphatic heterocycles. The lowest BCUT2D eigenvalue weighted by Gasteiger charge is -2.05. The summed E-state index contributed by atoms with van der Waals surface area (Å²) in [5, 5.41) is 0. The summed E-state index contributed by atoms with van der Waals surface area (Å²) in [6.45, 7) is 0.230. The van der Waals surface area contributed by atoms with Crippen molar-refractivity contribution in [3.8, 4) is 16.2 Å². The smallest absolute Gasteiger partial charge is 0.209 e. The summed E-state index contributed by atoms with van der Waals surface area (Å²) in [5.41, 5.74) is 2.37. The van der Waals surface area contributed by atoms with Gasteiger partial charge in [-0.1, -0.05) is 30.3 Å².